The van der Waals surface area contributed by atoms with E-state index in [0.29, 0.717) is 0 Å². The van der Waals surface area contributed by atoms with E-state index < -0.39 is 11.6 Å². The summed E-state index contributed by atoms with van der Waals surface area (Å²) in [5.41, 5.74) is 0. The van der Waals surface area contributed by atoms with Crippen LogP contribution in [-0.4, -0.2) is 0 Å². The van der Waals surface area contributed by atoms with Crippen LogP contribution >= 0.6 is 39.5 Å². The predicted molar refractivity (Wildman–Crippen MR) is 49.7 cm³/mol. The Balaban J connectivity index is 0.000000148. The molecule has 0 radical (unpaired) electrons. The van der Waals surface area contributed by atoms with Crippen LogP contribution in [0.4, 0.5) is 0 Å². The summed E-state index contributed by atoms with van der Waals surface area (Å²) in [5.74, 6) is 0. The first kappa shape index (κ1) is 10.6. The molecule has 0 nitrogen and oxygen atoms in total. The number of allylic oxidation sites excluding steroid dienone is 4. The zero-order valence-electron chi connectivity index (χ0n) is 4.65. The quantitative estimate of drug-likeness (QED) is 0.577. The zero-order valence-corrected chi connectivity index (χ0v) is 11.0. The summed E-state index contributed by atoms with van der Waals surface area (Å²) in [4.78, 5) is 0. The molecule has 1 rings (SSSR count). The van der Waals surface area contributed by atoms with Crippen molar-refractivity contribution in [3.63, 3.8) is 0 Å². The van der Waals surface area contributed by atoms with Gasteiger partial charge in [-0.25, -0.2) is 0 Å². The Hall–Kier alpha value is 1.63. The third kappa shape index (κ3) is 12.8. The Morgan fingerprint density at radius 2 is 1.33 bits per heavy atom. The van der Waals surface area contributed by atoms with Gasteiger partial charge >= 0.3 is 51.1 Å². The third-order valence-electron chi connectivity index (χ3n) is 0.655. The Morgan fingerprint density at radius 1 is 1.00 bits per heavy atom. The number of rotatable bonds is 0. The van der Waals surface area contributed by atoms with Gasteiger partial charge in [-0.3, -0.25) is 0 Å². The van der Waals surface area contributed by atoms with Gasteiger partial charge in [0.1, 0.15) is 0 Å². The van der Waals surface area contributed by atoms with Crippen molar-refractivity contribution in [2.75, 3.05) is 0 Å². The molecular formula is C5H6Br3Ti. The second-order valence-corrected chi connectivity index (χ2v) is 24.9. The van der Waals surface area contributed by atoms with E-state index in [4.69, 9.17) is 0 Å². The van der Waals surface area contributed by atoms with Crippen molar-refractivity contribution in [3.05, 3.63) is 24.3 Å². The summed E-state index contributed by atoms with van der Waals surface area (Å²) in [6.07, 6.45) is 9.50. The molecule has 0 heterocycles. The van der Waals surface area contributed by atoms with E-state index in [1.165, 1.54) is 0 Å². The monoisotopic (exact) mass is 351 g/mol. The number of hydrogen-bond donors (Lipinski definition) is 0. The van der Waals surface area contributed by atoms with Crippen molar-refractivity contribution < 1.29 is 11.6 Å². The first-order chi connectivity index (χ1) is 4.23. The standard InChI is InChI=1S/C5H6.3BrH.Ti/c1-2-4-5-3-1;;;;/h1-4H,5H2;3*1H;/q;;;;+3/p-3. The molecule has 0 spiro atoms. The molecule has 0 saturated heterocycles. The molecule has 1 aliphatic carbocycles. The van der Waals surface area contributed by atoms with Gasteiger partial charge in [-0.05, 0) is 6.42 Å². The van der Waals surface area contributed by atoms with Crippen LogP contribution in [-0.2, 0) is 11.6 Å². The Kier molecular flexibility index (Phi) is 9.14. The van der Waals surface area contributed by atoms with Gasteiger partial charge in [-0.15, -0.1) is 0 Å². The predicted octanol–water partition coefficient (Wildman–Crippen LogP) is 4.04. The molecule has 1 aliphatic rings. The van der Waals surface area contributed by atoms with Crippen LogP contribution in [0, 0.1) is 0 Å². The fraction of sp³-hybridized carbons (Fsp3) is 0.200. The maximum atomic E-state index is 3.27. The third-order valence-corrected chi connectivity index (χ3v) is 0.655. The van der Waals surface area contributed by atoms with E-state index >= 15 is 0 Å². The second-order valence-electron chi connectivity index (χ2n) is 1.31. The minimum absolute atomic E-state index is 0.896. The van der Waals surface area contributed by atoms with Gasteiger partial charge in [0.15, 0.2) is 0 Å². The molecule has 0 aliphatic heterocycles. The summed E-state index contributed by atoms with van der Waals surface area (Å²) in [7, 11) is 0. The van der Waals surface area contributed by atoms with Gasteiger partial charge < -0.3 is 0 Å². The maximum absolute atomic E-state index is 3.27. The van der Waals surface area contributed by atoms with E-state index in [2.05, 4.69) is 63.8 Å². The molecule has 0 saturated carbocycles. The summed E-state index contributed by atoms with van der Waals surface area (Å²) >= 11 is 8.92. The van der Waals surface area contributed by atoms with Crippen molar-refractivity contribution in [1.82, 2.24) is 0 Å². The van der Waals surface area contributed by atoms with Crippen LogP contribution in [0.5, 0.6) is 0 Å². The van der Waals surface area contributed by atoms with Crippen LogP contribution in [0.2, 0.25) is 0 Å². The molecule has 51 valence electrons. The van der Waals surface area contributed by atoms with Crippen molar-refractivity contribution in [3.8, 4) is 0 Å². The van der Waals surface area contributed by atoms with E-state index in [-0.39, 0.29) is 0 Å². The van der Waals surface area contributed by atoms with Crippen molar-refractivity contribution >= 4 is 39.5 Å². The van der Waals surface area contributed by atoms with Crippen molar-refractivity contribution in [1.29, 1.82) is 0 Å². The molecule has 0 aromatic rings. The van der Waals surface area contributed by atoms with E-state index in [1.807, 2.05) is 0 Å². The molecule has 0 amide bonds. The molecule has 0 bridgehead atoms. The Bertz CT molecular complexity index is 96.0. The van der Waals surface area contributed by atoms with Crippen molar-refractivity contribution in [2.45, 2.75) is 6.42 Å². The average molecular weight is 354 g/mol. The molecule has 9 heavy (non-hydrogen) atoms. The van der Waals surface area contributed by atoms with E-state index in [1.54, 1.807) is 0 Å². The SMILES string of the molecule is C1=CCC=C1.[Br][Ti]([Br])[Br]. The van der Waals surface area contributed by atoms with Crippen LogP contribution in [0.1, 0.15) is 6.42 Å². The van der Waals surface area contributed by atoms with Crippen LogP contribution in [0.25, 0.3) is 0 Å². The van der Waals surface area contributed by atoms with Gasteiger partial charge in [-0.1, -0.05) is 24.3 Å². The molecule has 0 fully saturated rings. The molecule has 0 aromatic carbocycles. The molecule has 0 unspecified atom stereocenters. The van der Waals surface area contributed by atoms with Gasteiger partial charge in [0.25, 0.3) is 0 Å². The molecule has 0 aromatic heterocycles. The Labute approximate surface area is 80.8 Å². The fourth-order valence-corrected chi connectivity index (χ4v) is 0.393. The summed E-state index contributed by atoms with van der Waals surface area (Å²) in [6.45, 7) is 0. The normalized spacial score (nSPS) is 12.8. The topological polar surface area (TPSA) is 0 Å². The first-order valence-corrected chi connectivity index (χ1v) is 14.0. The average Bonchev–Trinajstić information content (AvgIpc) is 2.11. The summed E-state index contributed by atoms with van der Waals surface area (Å²) in [5, 5.41) is 0. The second kappa shape index (κ2) is 7.74. The van der Waals surface area contributed by atoms with Crippen LogP contribution in [0.15, 0.2) is 24.3 Å². The van der Waals surface area contributed by atoms with Crippen LogP contribution in [0.3, 0.4) is 0 Å². The number of hydrogen-bond acceptors (Lipinski definition) is 0. The van der Waals surface area contributed by atoms with Gasteiger partial charge in [0.2, 0.25) is 0 Å². The Morgan fingerprint density at radius 3 is 1.44 bits per heavy atom. The van der Waals surface area contributed by atoms with Gasteiger partial charge in [0.05, 0.1) is 0 Å². The van der Waals surface area contributed by atoms with Gasteiger partial charge in [-0.2, -0.15) is 0 Å². The summed E-state index contributed by atoms with van der Waals surface area (Å²) < 4.78 is 0. The molecule has 4 heteroatoms. The minimum atomic E-state index is -0.896. The molecule has 0 atom stereocenters. The number of halogens is 3. The fourth-order valence-electron chi connectivity index (χ4n) is 0.393. The molecule has 0 N–H and O–H groups in total. The van der Waals surface area contributed by atoms with Crippen LogP contribution < -0.4 is 0 Å². The van der Waals surface area contributed by atoms with E-state index in [0.717, 1.165) is 6.42 Å². The van der Waals surface area contributed by atoms with Gasteiger partial charge in [0, 0.05) is 0 Å². The van der Waals surface area contributed by atoms with Crippen molar-refractivity contribution in [2.24, 2.45) is 0 Å². The summed E-state index contributed by atoms with van der Waals surface area (Å²) in [6, 6.07) is 0. The van der Waals surface area contributed by atoms with E-state index in [9.17, 15) is 0 Å². The zero-order chi connectivity index (χ0) is 7.11. The first-order valence-electron chi connectivity index (χ1n) is 2.38. The molecular weight excluding hydrogens is 348 g/mol.